The van der Waals surface area contributed by atoms with E-state index >= 15 is 0 Å². The zero-order valence-corrected chi connectivity index (χ0v) is 26.1. The largest absolute Gasteiger partial charge is 0.393 e. The summed E-state index contributed by atoms with van der Waals surface area (Å²) in [5, 5.41) is 14.8. The van der Waals surface area contributed by atoms with Gasteiger partial charge in [0.05, 0.1) is 44.7 Å². The van der Waals surface area contributed by atoms with Crippen molar-refractivity contribution in [1.29, 1.82) is 0 Å². The van der Waals surface area contributed by atoms with Gasteiger partial charge in [-0.1, -0.05) is 143 Å². The Balaban J connectivity index is 1.40. The minimum atomic E-state index is -0.324. The molecule has 2 N–H and O–H groups in total. The molecule has 0 radical (unpaired) electrons. The number of aliphatic hydroxyl groups excluding tert-OH is 1. The number of nitrogens with one attached hydrogen (secondary N) is 1. The van der Waals surface area contributed by atoms with Crippen molar-refractivity contribution in [3.8, 4) is 0 Å². The molecule has 0 unspecified atom stereocenters. The number of piperidine rings is 1. The lowest BCUT2D eigenvalue weighted by Gasteiger charge is -2.43. The van der Waals surface area contributed by atoms with E-state index in [1.54, 1.807) is 0 Å². The van der Waals surface area contributed by atoms with E-state index in [2.05, 4.69) is 48.6 Å². The molecule has 0 saturated carbocycles. The highest BCUT2D eigenvalue weighted by atomic mass is 16.5. The second-order valence-electron chi connectivity index (χ2n) is 12.1. The Morgan fingerprint density at radius 2 is 1.23 bits per heavy atom. The molecule has 1 aliphatic heterocycles. The number of hydrogen-bond acceptors (Lipinski definition) is 5. The quantitative estimate of drug-likeness (QED) is 0.131. The van der Waals surface area contributed by atoms with Gasteiger partial charge < -0.3 is 24.6 Å². The lowest BCUT2D eigenvalue weighted by atomic mass is 9.89. The molecule has 5 atom stereocenters. The second-order valence-corrected chi connectivity index (χ2v) is 12.1. The maximum absolute atomic E-state index is 11.0. The molecule has 0 aromatic heterocycles. The van der Waals surface area contributed by atoms with E-state index in [-0.39, 0.29) is 30.4 Å². The van der Waals surface area contributed by atoms with Gasteiger partial charge in [0.25, 0.3) is 0 Å². The Bertz CT molecular complexity index is 1100. The van der Waals surface area contributed by atoms with Crippen LogP contribution in [0.5, 0.6) is 0 Å². The molecule has 0 amide bonds. The summed E-state index contributed by atoms with van der Waals surface area (Å²) in [5.41, 5.74) is 3.44. The van der Waals surface area contributed by atoms with Crippen LogP contribution in [0.4, 0.5) is 0 Å². The molecule has 1 aliphatic rings. The minimum absolute atomic E-state index is 0.0577. The van der Waals surface area contributed by atoms with Gasteiger partial charge in [0.1, 0.15) is 6.10 Å². The van der Waals surface area contributed by atoms with Crippen LogP contribution in [-0.4, -0.2) is 42.1 Å². The maximum Gasteiger partial charge on any atom is 0.102 e. The monoisotopic (exact) mass is 587 g/mol. The normalized spacial score (nSPS) is 21.1. The van der Waals surface area contributed by atoms with Gasteiger partial charge in [0.2, 0.25) is 0 Å². The summed E-state index contributed by atoms with van der Waals surface area (Å²) in [7, 11) is 0. The third-order valence-electron chi connectivity index (χ3n) is 8.43. The molecular formula is C38H53NO4. The van der Waals surface area contributed by atoms with Gasteiger partial charge in [0, 0.05) is 6.04 Å². The highest BCUT2D eigenvalue weighted by Crippen LogP contribution is 2.27. The highest BCUT2D eigenvalue weighted by Gasteiger charge is 2.39. The lowest BCUT2D eigenvalue weighted by molar-refractivity contribution is -0.135. The highest BCUT2D eigenvalue weighted by molar-refractivity contribution is 5.15. The van der Waals surface area contributed by atoms with E-state index < -0.39 is 0 Å². The summed E-state index contributed by atoms with van der Waals surface area (Å²) in [6.45, 7) is 4.35. The van der Waals surface area contributed by atoms with Crippen LogP contribution in [0.25, 0.3) is 0 Å². The summed E-state index contributed by atoms with van der Waals surface area (Å²) < 4.78 is 19.5. The molecular weight excluding hydrogens is 534 g/mol. The number of aliphatic hydroxyl groups is 1. The van der Waals surface area contributed by atoms with Gasteiger partial charge in [-0.15, -0.1) is 0 Å². The number of ether oxygens (including phenoxy) is 3. The van der Waals surface area contributed by atoms with Crippen molar-refractivity contribution in [2.45, 2.75) is 121 Å². The van der Waals surface area contributed by atoms with Crippen molar-refractivity contribution >= 4 is 0 Å². The first-order chi connectivity index (χ1) is 21.2. The van der Waals surface area contributed by atoms with Gasteiger partial charge in [0.15, 0.2) is 0 Å². The summed E-state index contributed by atoms with van der Waals surface area (Å²) >= 11 is 0. The number of hydrogen-bond donors (Lipinski definition) is 2. The molecule has 3 aromatic rings. The molecule has 3 aromatic carbocycles. The lowest BCUT2D eigenvalue weighted by Crippen LogP contribution is -2.60. The van der Waals surface area contributed by atoms with Crippen LogP contribution >= 0.6 is 0 Å². The van der Waals surface area contributed by atoms with Crippen LogP contribution in [0.1, 0.15) is 87.8 Å². The van der Waals surface area contributed by atoms with Crippen molar-refractivity contribution in [1.82, 2.24) is 5.32 Å². The van der Waals surface area contributed by atoms with Gasteiger partial charge in [-0.25, -0.2) is 0 Å². The van der Waals surface area contributed by atoms with Crippen LogP contribution in [0.2, 0.25) is 0 Å². The zero-order chi connectivity index (χ0) is 30.0. The van der Waals surface area contributed by atoms with E-state index in [0.717, 1.165) is 36.0 Å². The predicted octanol–water partition coefficient (Wildman–Crippen LogP) is 8.00. The van der Waals surface area contributed by atoms with Crippen LogP contribution in [0, 0.1) is 0 Å². The van der Waals surface area contributed by atoms with E-state index in [0.29, 0.717) is 32.8 Å². The topological polar surface area (TPSA) is 60.0 Å². The summed E-state index contributed by atoms with van der Waals surface area (Å²) in [6.07, 6.45) is 10.5. The first kappa shape index (κ1) is 33.4. The molecule has 1 fully saturated rings. The SMILES string of the molecule is CCCCCCCCC[C@H](O)C[C@H]1C[C@H](OCc2ccccc2)[C@@H](OCc2ccccc2)[C@@H](COCc2ccccc2)N1. The van der Waals surface area contributed by atoms with Crippen LogP contribution < -0.4 is 5.32 Å². The van der Waals surface area contributed by atoms with Gasteiger partial charge >= 0.3 is 0 Å². The molecule has 234 valence electrons. The van der Waals surface area contributed by atoms with Crippen molar-refractivity contribution in [2.75, 3.05) is 6.61 Å². The molecule has 0 bridgehead atoms. The van der Waals surface area contributed by atoms with E-state index in [4.69, 9.17) is 14.2 Å². The first-order valence-corrected chi connectivity index (χ1v) is 16.6. The maximum atomic E-state index is 11.0. The fourth-order valence-corrected chi connectivity index (χ4v) is 6.04. The molecule has 43 heavy (non-hydrogen) atoms. The van der Waals surface area contributed by atoms with Crippen molar-refractivity contribution in [2.24, 2.45) is 0 Å². The fraction of sp³-hybridized carbons (Fsp3) is 0.526. The van der Waals surface area contributed by atoms with Crippen molar-refractivity contribution in [3.63, 3.8) is 0 Å². The van der Waals surface area contributed by atoms with E-state index in [1.165, 1.54) is 38.5 Å². The van der Waals surface area contributed by atoms with Crippen molar-refractivity contribution < 1.29 is 19.3 Å². The summed E-state index contributed by atoms with van der Waals surface area (Å²) in [5.74, 6) is 0. The van der Waals surface area contributed by atoms with Gasteiger partial charge in [-0.3, -0.25) is 0 Å². The van der Waals surface area contributed by atoms with Crippen LogP contribution in [0.3, 0.4) is 0 Å². The van der Waals surface area contributed by atoms with Crippen LogP contribution in [-0.2, 0) is 34.0 Å². The van der Waals surface area contributed by atoms with E-state index in [9.17, 15) is 5.11 Å². The molecule has 1 heterocycles. The molecule has 0 aliphatic carbocycles. The van der Waals surface area contributed by atoms with Crippen LogP contribution in [0.15, 0.2) is 91.0 Å². The number of rotatable bonds is 20. The first-order valence-electron chi connectivity index (χ1n) is 16.6. The molecule has 4 rings (SSSR count). The zero-order valence-electron chi connectivity index (χ0n) is 26.1. The van der Waals surface area contributed by atoms with Gasteiger partial charge in [-0.2, -0.15) is 0 Å². The molecule has 0 spiro atoms. The Kier molecular flexibility index (Phi) is 15.3. The number of unbranched alkanes of at least 4 members (excludes halogenated alkanes) is 6. The van der Waals surface area contributed by atoms with Crippen molar-refractivity contribution in [3.05, 3.63) is 108 Å². The average molecular weight is 588 g/mol. The third-order valence-corrected chi connectivity index (χ3v) is 8.43. The number of benzene rings is 3. The molecule has 5 nitrogen and oxygen atoms in total. The fourth-order valence-electron chi connectivity index (χ4n) is 6.04. The predicted molar refractivity (Wildman–Crippen MR) is 175 cm³/mol. The molecule has 5 heteroatoms. The second kappa shape index (κ2) is 19.7. The summed E-state index contributed by atoms with van der Waals surface area (Å²) in [4.78, 5) is 0. The molecule has 1 saturated heterocycles. The average Bonchev–Trinajstić information content (AvgIpc) is 3.04. The third kappa shape index (κ3) is 12.5. The van der Waals surface area contributed by atoms with E-state index in [1.807, 2.05) is 54.6 Å². The summed E-state index contributed by atoms with van der Waals surface area (Å²) in [6, 6.07) is 31.0. The minimum Gasteiger partial charge on any atom is -0.393 e. The smallest absolute Gasteiger partial charge is 0.102 e. The Labute approximate surface area is 260 Å². The Hall–Kier alpha value is -2.54. The Morgan fingerprint density at radius 3 is 1.84 bits per heavy atom. The van der Waals surface area contributed by atoms with Gasteiger partial charge in [-0.05, 0) is 36.0 Å². The standard InChI is InChI=1S/C38H53NO4/c1-2-3-4-5-6-7-17-24-35(40)25-34-26-37(42-28-32-20-13-9-14-21-32)38(43-29-33-22-15-10-16-23-33)36(39-34)30-41-27-31-18-11-8-12-19-31/h8-16,18-23,34-40H,2-7,17,24-30H2,1H3/t34-,35-,36+,37-,38-/m0/s1. The Morgan fingerprint density at radius 1 is 0.698 bits per heavy atom.